The van der Waals surface area contributed by atoms with E-state index in [-0.39, 0.29) is 15.3 Å². The van der Waals surface area contributed by atoms with Crippen LogP contribution in [0.1, 0.15) is 0 Å². The van der Waals surface area contributed by atoms with Crippen LogP contribution in [0.4, 0.5) is 0 Å². The summed E-state index contributed by atoms with van der Waals surface area (Å²) in [6.45, 7) is 0. The van der Waals surface area contributed by atoms with Gasteiger partial charge < -0.3 is 0 Å². The van der Waals surface area contributed by atoms with Gasteiger partial charge in [-0.3, -0.25) is 0 Å². The van der Waals surface area contributed by atoms with E-state index in [0.717, 1.165) is 0 Å². The first-order valence-electron chi connectivity index (χ1n) is 2.97. The zero-order chi connectivity index (χ0) is 7.40. The van der Waals surface area contributed by atoms with Crippen LogP contribution in [0.3, 0.4) is 0 Å². The third-order valence-corrected chi connectivity index (χ3v) is 3.39. The van der Waals surface area contributed by atoms with Gasteiger partial charge in [0, 0.05) is 0 Å². The summed E-state index contributed by atoms with van der Waals surface area (Å²) in [6, 6.07) is 8.64. The Balaban J connectivity index is 2.90. The second kappa shape index (κ2) is 4.00. The zero-order valence-electron chi connectivity index (χ0n) is 5.87. The van der Waals surface area contributed by atoms with Crippen LogP contribution in [0.25, 0.3) is 0 Å². The summed E-state index contributed by atoms with van der Waals surface area (Å²) in [6.07, 6.45) is 2.09. The van der Waals surface area contributed by atoms with Gasteiger partial charge in [-0.1, -0.05) is 0 Å². The first kappa shape index (κ1) is 8.10. The standard InChI is InChI=1S/C8H9AsS/c1-9-7-3-5-8(10-2)6-4-7/h3-6H,1H2,2H3. The van der Waals surface area contributed by atoms with E-state index in [1.165, 1.54) is 9.25 Å². The van der Waals surface area contributed by atoms with Crippen molar-refractivity contribution in [3.05, 3.63) is 24.3 Å². The molecule has 0 atom stereocenters. The van der Waals surface area contributed by atoms with Gasteiger partial charge in [-0.2, -0.15) is 0 Å². The van der Waals surface area contributed by atoms with Gasteiger partial charge in [0.05, 0.1) is 0 Å². The molecule has 0 aromatic heterocycles. The topological polar surface area (TPSA) is 0 Å². The van der Waals surface area contributed by atoms with Gasteiger partial charge in [-0.25, -0.2) is 0 Å². The van der Waals surface area contributed by atoms with Crippen LogP contribution in [0.2, 0.25) is 0 Å². The first-order chi connectivity index (χ1) is 4.86. The molecule has 1 rings (SSSR count). The number of hydrogen-bond donors (Lipinski definition) is 0. The Kier molecular flexibility index (Phi) is 3.24. The Labute approximate surface area is 72.3 Å². The van der Waals surface area contributed by atoms with Gasteiger partial charge in [0.15, 0.2) is 0 Å². The predicted molar refractivity (Wildman–Crippen MR) is 50.7 cm³/mol. The maximum atomic E-state index is 3.90. The van der Waals surface area contributed by atoms with Gasteiger partial charge in [0.1, 0.15) is 0 Å². The van der Waals surface area contributed by atoms with Crippen LogP contribution in [0.5, 0.6) is 0 Å². The first-order valence-corrected chi connectivity index (χ1v) is 6.46. The van der Waals surface area contributed by atoms with E-state index in [9.17, 15) is 0 Å². The molecule has 0 N–H and O–H groups in total. The van der Waals surface area contributed by atoms with E-state index >= 15 is 0 Å². The minimum absolute atomic E-state index is 0.158. The molecular formula is C8H9AsS. The second-order valence-electron chi connectivity index (χ2n) is 1.86. The molecule has 0 spiro atoms. The Bertz CT molecular complexity index is 215. The van der Waals surface area contributed by atoms with Crippen molar-refractivity contribution in [1.29, 1.82) is 0 Å². The van der Waals surface area contributed by atoms with E-state index in [1.807, 2.05) is 0 Å². The summed E-state index contributed by atoms with van der Waals surface area (Å²) in [5.41, 5.74) is 0. The van der Waals surface area contributed by atoms with Crippen LogP contribution in [0, 0.1) is 0 Å². The molecule has 1 aromatic carbocycles. The fourth-order valence-electron chi connectivity index (χ4n) is 0.688. The molecule has 0 saturated carbocycles. The van der Waals surface area contributed by atoms with Gasteiger partial charge in [-0.15, -0.1) is 0 Å². The van der Waals surface area contributed by atoms with E-state index in [0.29, 0.717) is 0 Å². The monoisotopic (exact) mass is 212 g/mol. The van der Waals surface area contributed by atoms with Crippen molar-refractivity contribution >= 4 is 36.7 Å². The number of thioether (sulfide) groups is 1. The SMILES string of the molecule is C=[As]c1ccc(SC)cc1. The van der Waals surface area contributed by atoms with Crippen molar-refractivity contribution in [2.45, 2.75) is 4.90 Å². The number of benzene rings is 1. The van der Waals surface area contributed by atoms with Crippen molar-refractivity contribution < 1.29 is 0 Å². The molecule has 0 aliphatic carbocycles. The molecule has 0 fully saturated rings. The molecule has 0 heterocycles. The summed E-state index contributed by atoms with van der Waals surface area (Å²) >= 11 is 1.94. The zero-order valence-corrected chi connectivity index (χ0v) is 8.57. The fourth-order valence-corrected chi connectivity index (χ4v) is 1.85. The van der Waals surface area contributed by atoms with Crippen molar-refractivity contribution in [2.75, 3.05) is 6.26 Å². The van der Waals surface area contributed by atoms with Gasteiger partial charge in [0.25, 0.3) is 0 Å². The molecule has 2 heteroatoms. The molecule has 0 bridgehead atoms. The number of rotatable bonds is 2. The molecule has 0 aliphatic rings. The summed E-state index contributed by atoms with van der Waals surface area (Å²) in [5.74, 6) is 0. The quantitative estimate of drug-likeness (QED) is 0.523. The average molecular weight is 212 g/mol. The molecule has 10 heavy (non-hydrogen) atoms. The molecule has 0 nitrogen and oxygen atoms in total. The minimum atomic E-state index is 0.158. The van der Waals surface area contributed by atoms with Crippen molar-refractivity contribution in [3.63, 3.8) is 0 Å². The summed E-state index contributed by atoms with van der Waals surface area (Å²) < 4.78 is 1.40. The molecule has 52 valence electrons. The molecule has 0 aliphatic heterocycles. The molecular weight excluding hydrogens is 203 g/mol. The van der Waals surface area contributed by atoms with Crippen molar-refractivity contribution in [2.24, 2.45) is 0 Å². The normalized spacial score (nSPS) is 10.1. The Morgan fingerprint density at radius 1 is 1.30 bits per heavy atom. The average Bonchev–Trinajstić information content (AvgIpc) is 2.05. The van der Waals surface area contributed by atoms with Crippen LogP contribution in [-0.4, -0.2) is 26.9 Å². The van der Waals surface area contributed by atoms with Crippen LogP contribution >= 0.6 is 11.8 Å². The second-order valence-corrected chi connectivity index (χ2v) is 4.48. The maximum absolute atomic E-state index is 3.90. The van der Waals surface area contributed by atoms with E-state index in [4.69, 9.17) is 0 Å². The summed E-state index contributed by atoms with van der Waals surface area (Å²) in [4.78, 5) is 1.33. The predicted octanol–water partition coefficient (Wildman–Crippen LogP) is 1.17. The van der Waals surface area contributed by atoms with Crippen LogP contribution in [-0.2, 0) is 0 Å². The van der Waals surface area contributed by atoms with Crippen molar-refractivity contribution in [1.82, 2.24) is 0 Å². The molecule has 0 unspecified atom stereocenters. The molecule has 1 aromatic rings. The molecule has 0 saturated heterocycles. The van der Waals surface area contributed by atoms with E-state index in [2.05, 4.69) is 35.8 Å². The Hall–Kier alpha value is -0.00156. The van der Waals surface area contributed by atoms with Crippen LogP contribution in [0.15, 0.2) is 29.2 Å². The van der Waals surface area contributed by atoms with E-state index in [1.54, 1.807) is 11.8 Å². The molecule has 0 radical (unpaired) electrons. The van der Waals surface area contributed by atoms with Crippen LogP contribution < -0.4 is 4.35 Å². The third kappa shape index (κ3) is 2.00. The fraction of sp³-hybridized carbons (Fsp3) is 0.125. The molecule has 0 amide bonds. The van der Waals surface area contributed by atoms with Gasteiger partial charge in [0.2, 0.25) is 0 Å². The van der Waals surface area contributed by atoms with E-state index < -0.39 is 0 Å². The van der Waals surface area contributed by atoms with Crippen molar-refractivity contribution in [3.8, 4) is 0 Å². The Morgan fingerprint density at radius 2 is 1.90 bits per heavy atom. The van der Waals surface area contributed by atoms with Gasteiger partial charge >= 0.3 is 72.1 Å². The Morgan fingerprint density at radius 3 is 2.30 bits per heavy atom. The number of hydrogen-bond acceptors (Lipinski definition) is 1. The summed E-state index contributed by atoms with van der Waals surface area (Å²) in [7, 11) is 0. The van der Waals surface area contributed by atoms with Gasteiger partial charge in [-0.05, 0) is 0 Å². The summed E-state index contributed by atoms with van der Waals surface area (Å²) in [5, 5.41) is 3.90. The third-order valence-electron chi connectivity index (χ3n) is 1.25.